The monoisotopic (exact) mass is 235 g/mol. The zero-order chi connectivity index (χ0) is 10.6. The molecule has 1 aromatic carbocycles. The van der Waals surface area contributed by atoms with Gasteiger partial charge >= 0.3 is 0 Å². The van der Waals surface area contributed by atoms with Crippen LogP contribution in [0.2, 0.25) is 0 Å². The van der Waals surface area contributed by atoms with E-state index in [0.717, 1.165) is 6.07 Å². The molecular formula is C10H15ClFNO2. The lowest BCUT2D eigenvalue weighted by molar-refractivity contribution is 0.279. The largest absolute Gasteiger partial charge is 0.508 e. The third-order valence-corrected chi connectivity index (χ3v) is 2.06. The minimum atomic E-state index is -0.504. The highest BCUT2D eigenvalue weighted by Crippen LogP contribution is 2.22. The average Bonchev–Trinajstić information content (AvgIpc) is 2.14. The summed E-state index contributed by atoms with van der Waals surface area (Å²) in [7, 11) is 0. The van der Waals surface area contributed by atoms with E-state index in [1.807, 2.05) is 0 Å². The Balaban J connectivity index is 0.00000196. The van der Waals surface area contributed by atoms with Crippen LogP contribution in [0.15, 0.2) is 18.2 Å². The summed E-state index contributed by atoms with van der Waals surface area (Å²) in [4.78, 5) is 0. The zero-order valence-electron chi connectivity index (χ0n) is 8.19. The molecule has 1 aromatic rings. The summed E-state index contributed by atoms with van der Waals surface area (Å²) in [5.41, 5.74) is 6.07. The van der Waals surface area contributed by atoms with Crippen molar-refractivity contribution in [1.29, 1.82) is 0 Å². The molecule has 0 spiro atoms. The van der Waals surface area contributed by atoms with Gasteiger partial charge in [0.05, 0.1) is 0 Å². The lowest BCUT2D eigenvalue weighted by atomic mass is 10.0. The van der Waals surface area contributed by atoms with Crippen LogP contribution in [0.1, 0.15) is 24.4 Å². The summed E-state index contributed by atoms with van der Waals surface area (Å²) in [5.74, 6) is -0.615. The molecule has 86 valence electrons. The van der Waals surface area contributed by atoms with Gasteiger partial charge in [0.1, 0.15) is 11.6 Å². The topological polar surface area (TPSA) is 66.5 Å². The maximum absolute atomic E-state index is 13.2. The zero-order valence-corrected chi connectivity index (χ0v) is 9.01. The molecule has 0 bridgehead atoms. The summed E-state index contributed by atoms with van der Waals surface area (Å²) >= 11 is 0. The molecule has 0 saturated heterocycles. The fourth-order valence-corrected chi connectivity index (χ4v) is 1.28. The SMILES string of the molecule is Cl.N[C@H](CCCO)c1ccc(O)cc1F. The second-order valence-electron chi connectivity index (χ2n) is 3.18. The van der Waals surface area contributed by atoms with Crippen LogP contribution in [0.3, 0.4) is 0 Å². The van der Waals surface area contributed by atoms with E-state index < -0.39 is 11.9 Å². The van der Waals surface area contributed by atoms with Crippen molar-refractivity contribution in [3.8, 4) is 5.75 Å². The number of benzene rings is 1. The van der Waals surface area contributed by atoms with Crippen LogP contribution in [0.5, 0.6) is 5.75 Å². The Labute approximate surface area is 94.1 Å². The predicted octanol–water partition coefficient (Wildman–Crippen LogP) is 1.73. The average molecular weight is 236 g/mol. The standard InChI is InChI=1S/C10H14FNO2.ClH/c11-9-6-7(14)3-4-8(9)10(12)2-1-5-13;/h3-4,6,10,13-14H,1-2,5,12H2;1H/t10-;/m1./s1. The van der Waals surface area contributed by atoms with Gasteiger partial charge in [-0.15, -0.1) is 12.4 Å². The van der Waals surface area contributed by atoms with E-state index in [2.05, 4.69) is 0 Å². The quantitative estimate of drug-likeness (QED) is 0.745. The van der Waals surface area contributed by atoms with Crippen LogP contribution in [0, 0.1) is 5.82 Å². The van der Waals surface area contributed by atoms with Crippen LogP contribution in [0.4, 0.5) is 4.39 Å². The van der Waals surface area contributed by atoms with E-state index in [0.29, 0.717) is 18.4 Å². The van der Waals surface area contributed by atoms with Crippen molar-refractivity contribution >= 4 is 12.4 Å². The van der Waals surface area contributed by atoms with Crippen molar-refractivity contribution in [3.05, 3.63) is 29.6 Å². The molecule has 0 saturated carbocycles. The van der Waals surface area contributed by atoms with Crippen LogP contribution in [0.25, 0.3) is 0 Å². The van der Waals surface area contributed by atoms with Crippen molar-refractivity contribution in [1.82, 2.24) is 0 Å². The fraction of sp³-hybridized carbons (Fsp3) is 0.400. The molecule has 0 aliphatic carbocycles. The Morgan fingerprint density at radius 3 is 2.60 bits per heavy atom. The van der Waals surface area contributed by atoms with E-state index in [9.17, 15) is 4.39 Å². The smallest absolute Gasteiger partial charge is 0.131 e. The van der Waals surface area contributed by atoms with Crippen molar-refractivity contribution in [2.75, 3.05) is 6.61 Å². The van der Waals surface area contributed by atoms with Gasteiger partial charge in [-0.2, -0.15) is 0 Å². The third kappa shape index (κ3) is 4.03. The third-order valence-electron chi connectivity index (χ3n) is 2.06. The summed E-state index contributed by atoms with van der Waals surface area (Å²) < 4.78 is 13.2. The van der Waals surface area contributed by atoms with Gasteiger partial charge in [-0.25, -0.2) is 4.39 Å². The van der Waals surface area contributed by atoms with E-state index >= 15 is 0 Å². The first-order chi connectivity index (χ1) is 6.65. The molecule has 1 atom stereocenters. The highest BCUT2D eigenvalue weighted by molar-refractivity contribution is 5.85. The van der Waals surface area contributed by atoms with E-state index in [-0.39, 0.29) is 24.8 Å². The number of halogens is 2. The van der Waals surface area contributed by atoms with Gasteiger partial charge in [-0.05, 0) is 18.9 Å². The number of aliphatic hydroxyl groups excluding tert-OH is 1. The number of aliphatic hydroxyl groups is 1. The summed E-state index contributed by atoms with van der Waals surface area (Å²) in [6, 6.07) is 3.47. The molecule has 5 heteroatoms. The second kappa shape index (κ2) is 6.61. The van der Waals surface area contributed by atoms with Gasteiger partial charge in [-0.3, -0.25) is 0 Å². The number of phenols is 1. The molecule has 0 heterocycles. The van der Waals surface area contributed by atoms with Gasteiger partial charge in [-0.1, -0.05) is 6.07 Å². The molecule has 0 amide bonds. The molecule has 0 aliphatic heterocycles. The molecule has 0 aromatic heterocycles. The second-order valence-corrected chi connectivity index (χ2v) is 3.18. The lowest BCUT2D eigenvalue weighted by Crippen LogP contribution is -2.12. The molecule has 15 heavy (non-hydrogen) atoms. The maximum atomic E-state index is 13.2. The summed E-state index contributed by atoms with van der Waals surface area (Å²) in [6.45, 7) is 0.0490. The Morgan fingerprint density at radius 1 is 1.40 bits per heavy atom. The first-order valence-corrected chi connectivity index (χ1v) is 4.50. The van der Waals surface area contributed by atoms with Crippen LogP contribution in [-0.4, -0.2) is 16.8 Å². The Morgan fingerprint density at radius 2 is 2.07 bits per heavy atom. The van der Waals surface area contributed by atoms with Crippen LogP contribution < -0.4 is 5.73 Å². The molecule has 0 aliphatic rings. The van der Waals surface area contributed by atoms with Crippen LogP contribution >= 0.6 is 12.4 Å². The van der Waals surface area contributed by atoms with Crippen molar-refractivity contribution in [2.45, 2.75) is 18.9 Å². The first kappa shape index (κ1) is 14.2. The Bertz CT molecular complexity index is 309. The molecule has 0 unspecified atom stereocenters. The molecular weight excluding hydrogens is 221 g/mol. The number of hydrogen-bond acceptors (Lipinski definition) is 3. The highest BCUT2D eigenvalue weighted by Gasteiger charge is 2.11. The van der Waals surface area contributed by atoms with E-state index in [1.165, 1.54) is 12.1 Å². The van der Waals surface area contributed by atoms with Crippen molar-refractivity contribution in [3.63, 3.8) is 0 Å². The van der Waals surface area contributed by atoms with E-state index in [4.69, 9.17) is 15.9 Å². The number of rotatable bonds is 4. The molecule has 3 nitrogen and oxygen atoms in total. The Hall–Kier alpha value is -0.840. The number of aromatic hydroxyl groups is 1. The minimum Gasteiger partial charge on any atom is -0.508 e. The van der Waals surface area contributed by atoms with Crippen molar-refractivity contribution < 1.29 is 14.6 Å². The number of hydrogen-bond donors (Lipinski definition) is 3. The van der Waals surface area contributed by atoms with Crippen molar-refractivity contribution in [2.24, 2.45) is 5.73 Å². The molecule has 0 fully saturated rings. The summed E-state index contributed by atoms with van der Waals surface area (Å²) in [5, 5.41) is 17.6. The van der Waals surface area contributed by atoms with Gasteiger partial charge < -0.3 is 15.9 Å². The fourth-order valence-electron chi connectivity index (χ4n) is 1.28. The molecule has 1 rings (SSSR count). The maximum Gasteiger partial charge on any atom is 0.131 e. The summed E-state index contributed by atoms with van der Waals surface area (Å²) in [6.07, 6.45) is 1.07. The molecule has 0 radical (unpaired) electrons. The minimum absolute atomic E-state index is 0. The number of nitrogens with two attached hydrogens (primary N) is 1. The molecule has 4 N–H and O–H groups in total. The van der Waals surface area contributed by atoms with Gasteiger partial charge in [0, 0.05) is 24.3 Å². The van der Waals surface area contributed by atoms with Gasteiger partial charge in [0.25, 0.3) is 0 Å². The normalized spacial score (nSPS) is 11.9. The highest BCUT2D eigenvalue weighted by atomic mass is 35.5. The van der Waals surface area contributed by atoms with Gasteiger partial charge in [0.15, 0.2) is 0 Å². The first-order valence-electron chi connectivity index (χ1n) is 4.50. The van der Waals surface area contributed by atoms with Crippen LogP contribution in [-0.2, 0) is 0 Å². The predicted molar refractivity (Wildman–Crippen MR) is 58.6 cm³/mol. The lowest BCUT2D eigenvalue weighted by Gasteiger charge is -2.12. The number of phenolic OH excluding ortho intramolecular Hbond substituents is 1. The van der Waals surface area contributed by atoms with Gasteiger partial charge in [0.2, 0.25) is 0 Å². The van der Waals surface area contributed by atoms with E-state index in [1.54, 1.807) is 0 Å². The Kier molecular flexibility index (Phi) is 6.24.